The summed E-state index contributed by atoms with van der Waals surface area (Å²) in [6.07, 6.45) is 0.627. The van der Waals surface area contributed by atoms with Gasteiger partial charge in [-0.3, -0.25) is 9.69 Å². The lowest BCUT2D eigenvalue weighted by molar-refractivity contribution is -0.131. The Bertz CT molecular complexity index is 249. The van der Waals surface area contributed by atoms with Crippen LogP contribution in [0.2, 0.25) is 0 Å². The van der Waals surface area contributed by atoms with Crippen LogP contribution in [-0.4, -0.2) is 67.6 Å². The van der Waals surface area contributed by atoms with Gasteiger partial charge in [0, 0.05) is 40.2 Å². The van der Waals surface area contributed by atoms with Crippen LogP contribution < -0.4 is 5.73 Å². The van der Waals surface area contributed by atoms with Crippen molar-refractivity contribution in [1.29, 1.82) is 0 Å². The summed E-state index contributed by atoms with van der Waals surface area (Å²) in [5.74, 6) is 0.103. The van der Waals surface area contributed by atoms with Crippen LogP contribution in [0.3, 0.4) is 0 Å². The molecular formula is C11H23N3O2S. The van der Waals surface area contributed by atoms with Gasteiger partial charge in [0.15, 0.2) is 0 Å². The Morgan fingerprint density at radius 3 is 2.53 bits per heavy atom. The number of nitrogens with zero attached hydrogens (tertiary/aromatic N) is 2. The van der Waals surface area contributed by atoms with Crippen molar-refractivity contribution in [1.82, 2.24) is 9.80 Å². The Morgan fingerprint density at radius 1 is 1.41 bits per heavy atom. The standard InChI is InChI=1S/C11H23N3O2S/c1-4-13(2)11(15)9-14(7-8-16-3)6-5-10(12)17/h4-9H2,1-3H3,(H2,12,17). The Hall–Kier alpha value is -0.720. The number of hydrogen-bond donors (Lipinski definition) is 1. The average molecular weight is 261 g/mol. The lowest BCUT2D eigenvalue weighted by atomic mass is 10.3. The van der Waals surface area contributed by atoms with Gasteiger partial charge >= 0.3 is 0 Å². The second kappa shape index (κ2) is 9.32. The first kappa shape index (κ1) is 16.3. The predicted molar refractivity (Wildman–Crippen MR) is 73.0 cm³/mol. The summed E-state index contributed by atoms with van der Waals surface area (Å²) in [5.41, 5.74) is 5.46. The average Bonchev–Trinajstić information content (AvgIpc) is 2.31. The first-order chi connectivity index (χ1) is 8.01. The molecule has 17 heavy (non-hydrogen) atoms. The molecule has 100 valence electrons. The molecule has 2 N–H and O–H groups in total. The van der Waals surface area contributed by atoms with Crippen molar-refractivity contribution < 1.29 is 9.53 Å². The molecule has 0 aromatic carbocycles. The van der Waals surface area contributed by atoms with E-state index in [1.54, 1.807) is 19.1 Å². The number of thiocarbonyl (C=S) groups is 1. The van der Waals surface area contributed by atoms with E-state index in [1.807, 2.05) is 11.8 Å². The van der Waals surface area contributed by atoms with Crippen LogP contribution in [0.15, 0.2) is 0 Å². The maximum absolute atomic E-state index is 11.8. The van der Waals surface area contributed by atoms with Crippen molar-refractivity contribution in [3.8, 4) is 0 Å². The summed E-state index contributed by atoms with van der Waals surface area (Å²) in [7, 11) is 3.44. The lowest BCUT2D eigenvalue weighted by Gasteiger charge is -2.24. The largest absolute Gasteiger partial charge is 0.393 e. The molecule has 0 heterocycles. The van der Waals surface area contributed by atoms with E-state index in [0.717, 1.165) is 0 Å². The van der Waals surface area contributed by atoms with Gasteiger partial charge in [0.2, 0.25) is 5.91 Å². The number of amides is 1. The van der Waals surface area contributed by atoms with Gasteiger partial charge in [-0.05, 0) is 6.92 Å². The van der Waals surface area contributed by atoms with E-state index in [1.165, 1.54) is 0 Å². The molecule has 0 fully saturated rings. The molecule has 0 aliphatic rings. The summed E-state index contributed by atoms with van der Waals surface area (Å²) in [6.45, 7) is 5.06. The predicted octanol–water partition coefficient (Wildman–Crippen LogP) is 0.0893. The maximum Gasteiger partial charge on any atom is 0.236 e. The van der Waals surface area contributed by atoms with Gasteiger partial charge in [0.25, 0.3) is 0 Å². The van der Waals surface area contributed by atoms with Gasteiger partial charge in [0.1, 0.15) is 0 Å². The van der Waals surface area contributed by atoms with E-state index in [2.05, 4.69) is 0 Å². The minimum Gasteiger partial charge on any atom is -0.393 e. The molecule has 0 unspecified atom stereocenters. The number of likely N-dealkylation sites (N-methyl/N-ethyl adjacent to an activating group) is 1. The van der Waals surface area contributed by atoms with Gasteiger partial charge < -0.3 is 15.4 Å². The first-order valence-corrected chi connectivity index (χ1v) is 6.15. The fourth-order valence-electron chi connectivity index (χ4n) is 1.25. The summed E-state index contributed by atoms with van der Waals surface area (Å²) >= 11 is 4.84. The highest BCUT2D eigenvalue weighted by atomic mass is 32.1. The highest BCUT2D eigenvalue weighted by Crippen LogP contribution is 1.95. The highest BCUT2D eigenvalue weighted by Gasteiger charge is 2.13. The number of carbonyl (C=O) groups excluding carboxylic acids is 1. The Kier molecular flexibility index (Phi) is 8.93. The molecule has 0 saturated heterocycles. The third kappa shape index (κ3) is 8.06. The van der Waals surface area contributed by atoms with Crippen molar-refractivity contribution in [3.05, 3.63) is 0 Å². The summed E-state index contributed by atoms with van der Waals surface area (Å²) in [5, 5.41) is 0. The molecule has 1 amide bonds. The van der Waals surface area contributed by atoms with Crippen LogP contribution in [-0.2, 0) is 9.53 Å². The SMILES string of the molecule is CCN(C)C(=O)CN(CCOC)CCC(N)=S. The molecule has 0 spiro atoms. The molecule has 0 aromatic heterocycles. The number of hydrogen-bond acceptors (Lipinski definition) is 4. The molecular weight excluding hydrogens is 238 g/mol. The summed E-state index contributed by atoms with van der Waals surface area (Å²) in [6, 6.07) is 0. The number of nitrogens with two attached hydrogens (primary N) is 1. The third-order valence-electron chi connectivity index (χ3n) is 2.55. The van der Waals surface area contributed by atoms with Crippen molar-refractivity contribution in [2.45, 2.75) is 13.3 Å². The van der Waals surface area contributed by atoms with E-state index in [0.29, 0.717) is 44.2 Å². The molecule has 0 aliphatic carbocycles. The number of methoxy groups -OCH3 is 1. The molecule has 0 radical (unpaired) electrons. The molecule has 0 bridgehead atoms. The molecule has 0 saturated carbocycles. The monoisotopic (exact) mass is 261 g/mol. The highest BCUT2D eigenvalue weighted by molar-refractivity contribution is 7.80. The normalized spacial score (nSPS) is 10.6. The van der Waals surface area contributed by atoms with Crippen molar-refractivity contribution >= 4 is 23.1 Å². The fourth-order valence-corrected chi connectivity index (χ4v) is 1.34. The van der Waals surface area contributed by atoms with Gasteiger partial charge in [0.05, 0.1) is 18.1 Å². The summed E-state index contributed by atoms with van der Waals surface area (Å²) in [4.78, 5) is 16.0. The molecule has 0 rings (SSSR count). The van der Waals surface area contributed by atoms with E-state index in [9.17, 15) is 4.79 Å². The van der Waals surface area contributed by atoms with Gasteiger partial charge in [-0.1, -0.05) is 12.2 Å². The zero-order chi connectivity index (χ0) is 13.3. The maximum atomic E-state index is 11.8. The Balaban J connectivity index is 4.16. The van der Waals surface area contributed by atoms with Crippen molar-refractivity contribution in [2.75, 3.05) is 46.9 Å². The quantitative estimate of drug-likeness (QED) is 0.596. The number of ether oxygens (including phenoxy) is 1. The summed E-state index contributed by atoms with van der Waals surface area (Å²) < 4.78 is 5.02. The van der Waals surface area contributed by atoms with E-state index >= 15 is 0 Å². The minimum absolute atomic E-state index is 0.103. The van der Waals surface area contributed by atoms with Crippen LogP contribution in [0.5, 0.6) is 0 Å². The van der Waals surface area contributed by atoms with Gasteiger partial charge in [-0.15, -0.1) is 0 Å². The number of rotatable bonds is 9. The van der Waals surface area contributed by atoms with E-state index in [-0.39, 0.29) is 5.91 Å². The zero-order valence-electron chi connectivity index (χ0n) is 10.9. The third-order valence-corrected chi connectivity index (χ3v) is 2.75. The van der Waals surface area contributed by atoms with Crippen LogP contribution >= 0.6 is 12.2 Å². The minimum atomic E-state index is 0.103. The second-order valence-corrected chi connectivity index (χ2v) is 4.42. The fraction of sp³-hybridized carbons (Fsp3) is 0.818. The molecule has 0 aliphatic heterocycles. The van der Waals surface area contributed by atoms with Crippen molar-refractivity contribution in [2.24, 2.45) is 5.73 Å². The van der Waals surface area contributed by atoms with Crippen LogP contribution in [0, 0.1) is 0 Å². The first-order valence-electron chi connectivity index (χ1n) is 5.74. The van der Waals surface area contributed by atoms with Crippen molar-refractivity contribution in [3.63, 3.8) is 0 Å². The van der Waals surface area contributed by atoms with E-state index in [4.69, 9.17) is 22.7 Å². The topological polar surface area (TPSA) is 58.8 Å². The molecule has 0 aromatic rings. The van der Waals surface area contributed by atoms with Gasteiger partial charge in [-0.2, -0.15) is 0 Å². The smallest absolute Gasteiger partial charge is 0.236 e. The van der Waals surface area contributed by atoms with Gasteiger partial charge in [-0.25, -0.2) is 0 Å². The second-order valence-electron chi connectivity index (χ2n) is 3.89. The lowest BCUT2D eigenvalue weighted by Crippen LogP contribution is -2.40. The molecule has 5 nitrogen and oxygen atoms in total. The van der Waals surface area contributed by atoms with E-state index < -0.39 is 0 Å². The molecule has 6 heteroatoms. The van der Waals surface area contributed by atoms with Crippen LogP contribution in [0.1, 0.15) is 13.3 Å². The van der Waals surface area contributed by atoms with Crippen LogP contribution in [0.25, 0.3) is 0 Å². The number of carbonyl (C=O) groups is 1. The zero-order valence-corrected chi connectivity index (χ0v) is 11.8. The molecule has 0 atom stereocenters. The Labute approximate surface area is 109 Å². The Morgan fingerprint density at radius 2 is 2.06 bits per heavy atom. The van der Waals surface area contributed by atoms with Crippen LogP contribution in [0.4, 0.5) is 0 Å².